The second-order valence-corrected chi connectivity index (χ2v) is 6.09. The first-order valence-electron chi connectivity index (χ1n) is 6.96. The third kappa shape index (κ3) is 8.70. The molecule has 0 aromatic heterocycles. The molecule has 1 aromatic carbocycles. The third-order valence-electron chi connectivity index (χ3n) is 2.55. The highest BCUT2D eigenvalue weighted by Crippen LogP contribution is 2.13. The van der Waals surface area contributed by atoms with Gasteiger partial charge in [-0.15, -0.1) is 0 Å². The van der Waals surface area contributed by atoms with Crippen molar-refractivity contribution in [1.82, 2.24) is 10.6 Å². The number of rotatable bonds is 4. The van der Waals surface area contributed by atoms with Gasteiger partial charge in [0.1, 0.15) is 6.54 Å². The van der Waals surface area contributed by atoms with Gasteiger partial charge < -0.3 is 16.0 Å². The zero-order chi connectivity index (χ0) is 17.7. The highest BCUT2D eigenvalue weighted by Gasteiger charge is 2.27. The summed E-state index contributed by atoms with van der Waals surface area (Å²) in [4.78, 5) is 23.1. The van der Waals surface area contributed by atoms with Crippen LogP contribution in [-0.2, 0) is 11.2 Å². The molecule has 23 heavy (non-hydrogen) atoms. The number of nitrogens with one attached hydrogen (secondary N) is 3. The molecule has 0 saturated carbocycles. The van der Waals surface area contributed by atoms with E-state index in [9.17, 15) is 22.8 Å². The third-order valence-corrected chi connectivity index (χ3v) is 2.55. The highest BCUT2D eigenvalue weighted by atomic mass is 19.4. The van der Waals surface area contributed by atoms with E-state index < -0.39 is 18.6 Å². The molecule has 0 bridgehead atoms. The number of anilines is 1. The van der Waals surface area contributed by atoms with E-state index >= 15 is 0 Å². The number of halogens is 3. The number of hydrogen-bond acceptors (Lipinski definition) is 2. The number of carbonyl (C=O) groups is 2. The number of alkyl halides is 3. The molecule has 8 heteroatoms. The van der Waals surface area contributed by atoms with Crippen LogP contribution in [0.4, 0.5) is 23.7 Å². The molecule has 0 aliphatic carbocycles. The van der Waals surface area contributed by atoms with Gasteiger partial charge in [0.25, 0.3) is 0 Å². The van der Waals surface area contributed by atoms with Crippen molar-refractivity contribution in [1.29, 1.82) is 0 Å². The Morgan fingerprint density at radius 2 is 1.61 bits per heavy atom. The second kappa shape index (κ2) is 7.34. The summed E-state index contributed by atoms with van der Waals surface area (Å²) >= 11 is 0. The normalized spacial score (nSPS) is 11.7. The molecule has 0 unspecified atom stereocenters. The molecule has 128 valence electrons. The van der Waals surface area contributed by atoms with Crippen LogP contribution in [-0.4, -0.2) is 30.2 Å². The van der Waals surface area contributed by atoms with Gasteiger partial charge in [0, 0.05) is 11.2 Å². The van der Waals surface area contributed by atoms with Gasteiger partial charge in [-0.2, -0.15) is 13.2 Å². The van der Waals surface area contributed by atoms with Crippen molar-refractivity contribution >= 4 is 17.6 Å². The summed E-state index contributed by atoms with van der Waals surface area (Å²) in [7, 11) is 0. The molecule has 1 rings (SSSR count). The molecular weight excluding hydrogens is 311 g/mol. The monoisotopic (exact) mass is 331 g/mol. The zero-order valence-corrected chi connectivity index (χ0v) is 13.2. The van der Waals surface area contributed by atoms with E-state index in [-0.39, 0.29) is 18.0 Å². The Morgan fingerprint density at radius 1 is 1.04 bits per heavy atom. The molecule has 0 saturated heterocycles. The van der Waals surface area contributed by atoms with Crippen LogP contribution in [0.25, 0.3) is 0 Å². The summed E-state index contributed by atoms with van der Waals surface area (Å²) in [6.45, 7) is 4.18. The first-order chi connectivity index (χ1) is 10.4. The van der Waals surface area contributed by atoms with Crippen LogP contribution < -0.4 is 16.0 Å². The summed E-state index contributed by atoms with van der Waals surface area (Å²) in [6, 6.07) is 5.93. The van der Waals surface area contributed by atoms with Crippen molar-refractivity contribution in [2.45, 2.75) is 38.9 Å². The Balaban J connectivity index is 2.50. The molecule has 0 fully saturated rings. The fourth-order valence-electron chi connectivity index (χ4n) is 1.66. The standard InChI is InChI=1S/C15H20F3N3O2/c1-14(2,3)21-13(23)20-11-6-4-10(5-7-11)8-12(22)19-9-15(16,17)18/h4-7H,8-9H2,1-3H3,(H,19,22)(H2,20,21,23). The molecule has 0 atom stereocenters. The number of hydrogen-bond donors (Lipinski definition) is 3. The predicted octanol–water partition coefficient (Wildman–Crippen LogP) is 2.83. The van der Waals surface area contributed by atoms with Crippen molar-refractivity contribution in [3.63, 3.8) is 0 Å². The molecule has 0 radical (unpaired) electrons. The van der Waals surface area contributed by atoms with Crippen molar-refractivity contribution in [2.24, 2.45) is 0 Å². The average Bonchev–Trinajstić information content (AvgIpc) is 2.36. The zero-order valence-electron chi connectivity index (χ0n) is 13.2. The van der Waals surface area contributed by atoms with Gasteiger partial charge in [-0.25, -0.2) is 4.79 Å². The van der Waals surface area contributed by atoms with E-state index in [0.29, 0.717) is 11.3 Å². The smallest absolute Gasteiger partial charge is 0.347 e. The van der Waals surface area contributed by atoms with E-state index in [1.165, 1.54) is 0 Å². The molecule has 3 amide bonds. The van der Waals surface area contributed by atoms with Crippen molar-refractivity contribution in [3.8, 4) is 0 Å². The van der Waals surface area contributed by atoms with Crippen molar-refractivity contribution in [2.75, 3.05) is 11.9 Å². The molecule has 0 aliphatic heterocycles. The predicted molar refractivity (Wildman–Crippen MR) is 81.1 cm³/mol. The van der Waals surface area contributed by atoms with E-state index in [0.717, 1.165) is 0 Å². The van der Waals surface area contributed by atoms with Crippen molar-refractivity contribution < 1.29 is 22.8 Å². The van der Waals surface area contributed by atoms with Crippen LogP contribution in [0.5, 0.6) is 0 Å². The average molecular weight is 331 g/mol. The fraction of sp³-hybridized carbons (Fsp3) is 0.467. The van der Waals surface area contributed by atoms with E-state index in [2.05, 4.69) is 10.6 Å². The summed E-state index contributed by atoms with van der Waals surface area (Å²) < 4.78 is 36.0. The lowest BCUT2D eigenvalue weighted by Gasteiger charge is -2.20. The highest BCUT2D eigenvalue weighted by molar-refractivity contribution is 5.89. The number of urea groups is 1. The molecule has 5 nitrogen and oxygen atoms in total. The van der Waals surface area contributed by atoms with Crippen molar-refractivity contribution in [3.05, 3.63) is 29.8 Å². The van der Waals surface area contributed by atoms with Gasteiger partial charge in [0.2, 0.25) is 5.91 Å². The molecular formula is C15H20F3N3O2. The minimum absolute atomic E-state index is 0.162. The lowest BCUT2D eigenvalue weighted by molar-refractivity contribution is -0.138. The van der Waals surface area contributed by atoms with Crippen LogP contribution in [0.2, 0.25) is 0 Å². The quantitative estimate of drug-likeness (QED) is 0.794. The van der Waals surface area contributed by atoms with Gasteiger partial charge in [-0.05, 0) is 38.5 Å². The number of amides is 3. The maximum absolute atomic E-state index is 12.0. The Kier molecular flexibility index (Phi) is 6.00. The van der Waals surface area contributed by atoms with Crippen LogP contribution in [0.3, 0.4) is 0 Å². The van der Waals surface area contributed by atoms with Gasteiger partial charge in [0.15, 0.2) is 0 Å². The fourth-order valence-corrected chi connectivity index (χ4v) is 1.66. The largest absolute Gasteiger partial charge is 0.405 e. The Labute approximate surface area is 132 Å². The maximum atomic E-state index is 12.0. The SMILES string of the molecule is CC(C)(C)NC(=O)Nc1ccc(CC(=O)NCC(F)(F)F)cc1. The minimum atomic E-state index is -4.43. The van der Waals surface area contributed by atoms with Crippen LogP contribution >= 0.6 is 0 Å². The number of benzene rings is 1. The van der Waals surface area contributed by atoms with E-state index in [1.807, 2.05) is 20.8 Å². The summed E-state index contributed by atoms with van der Waals surface area (Å²) in [5.41, 5.74) is 0.693. The van der Waals surface area contributed by atoms with Gasteiger partial charge in [0.05, 0.1) is 6.42 Å². The Hall–Kier alpha value is -2.25. The van der Waals surface area contributed by atoms with E-state index in [4.69, 9.17) is 0 Å². The van der Waals surface area contributed by atoms with Gasteiger partial charge in [-0.3, -0.25) is 4.79 Å². The van der Waals surface area contributed by atoms with Gasteiger partial charge in [-0.1, -0.05) is 12.1 Å². The lowest BCUT2D eigenvalue weighted by atomic mass is 10.1. The molecule has 0 spiro atoms. The summed E-state index contributed by atoms with van der Waals surface area (Å²) in [6.07, 6.45) is -4.59. The summed E-state index contributed by atoms with van der Waals surface area (Å²) in [5.74, 6) is -0.714. The van der Waals surface area contributed by atoms with E-state index in [1.54, 1.807) is 29.6 Å². The van der Waals surface area contributed by atoms with Gasteiger partial charge >= 0.3 is 12.2 Å². The lowest BCUT2D eigenvalue weighted by Crippen LogP contribution is -2.43. The van der Waals surface area contributed by atoms with Crippen LogP contribution in [0, 0.1) is 0 Å². The minimum Gasteiger partial charge on any atom is -0.347 e. The van der Waals surface area contributed by atoms with Crippen LogP contribution in [0.15, 0.2) is 24.3 Å². The molecule has 3 N–H and O–H groups in total. The molecule has 0 heterocycles. The molecule has 0 aliphatic rings. The Bertz CT molecular complexity index is 549. The topological polar surface area (TPSA) is 70.2 Å². The Morgan fingerprint density at radius 3 is 2.09 bits per heavy atom. The summed E-state index contributed by atoms with van der Waals surface area (Å²) in [5, 5.41) is 7.15. The first kappa shape index (κ1) is 18.8. The maximum Gasteiger partial charge on any atom is 0.405 e. The number of carbonyl (C=O) groups excluding carboxylic acids is 2. The molecule has 1 aromatic rings. The van der Waals surface area contributed by atoms with Crippen LogP contribution in [0.1, 0.15) is 26.3 Å². The first-order valence-corrected chi connectivity index (χ1v) is 6.96. The second-order valence-electron chi connectivity index (χ2n) is 6.09.